The van der Waals surface area contributed by atoms with Gasteiger partial charge in [-0.3, -0.25) is 9.69 Å². The van der Waals surface area contributed by atoms with Gasteiger partial charge in [-0.25, -0.2) is 0 Å². The lowest BCUT2D eigenvalue weighted by molar-refractivity contribution is -0.122. The highest BCUT2D eigenvalue weighted by Crippen LogP contribution is 2.26. The molecule has 88 valence electrons. The maximum absolute atomic E-state index is 11.3. The van der Waals surface area contributed by atoms with Gasteiger partial charge in [0.1, 0.15) is 0 Å². The highest BCUT2D eigenvalue weighted by atomic mass is 16.1. The summed E-state index contributed by atoms with van der Waals surface area (Å²) in [5.74, 6) is 0.646. The summed E-state index contributed by atoms with van der Waals surface area (Å²) in [6.45, 7) is 1.22. The van der Waals surface area contributed by atoms with Crippen LogP contribution >= 0.6 is 0 Å². The van der Waals surface area contributed by atoms with E-state index in [1.807, 2.05) is 7.05 Å². The number of nitrogens with one attached hydrogen (secondary N) is 1. The van der Waals surface area contributed by atoms with E-state index in [1.165, 1.54) is 25.7 Å². The number of carbonyl (C=O) groups is 1. The summed E-state index contributed by atoms with van der Waals surface area (Å²) in [5.41, 5.74) is 5.77. The van der Waals surface area contributed by atoms with Gasteiger partial charge in [-0.05, 0) is 32.4 Å². The van der Waals surface area contributed by atoms with Crippen molar-refractivity contribution >= 4 is 5.91 Å². The molecule has 0 spiro atoms. The Bertz CT molecular complexity index is 208. The van der Waals surface area contributed by atoms with Crippen LogP contribution in [0.15, 0.2) is 0 Å². The molecule has 15 heavy (non-hydrogen) atoms. The first-order chi connectivity index (χ1) is 7.19. The Hall–Kier alpha value is -0.610. The summed E-state index contributed by atoms with van der Waals surface area (Å²) in [6.07, 6.45) is 4.93. The van der Waals surface area contributed by atoms with Gasteiger partial charge in [0.15, 0.2) is 0 Å². The smallest absolute Gasteiger partial charge is 0.233 e. The Labute approximate surface area is 92.2 Å². The first-order valence-corrected chi connectivity index (χ1v) is 5.80. The van der Waals surface area contributed by atoms with Crippen LogP contribution in [-0.2, 0) is 4.79 Å². The zero-order chi connectivity index (χ0) is 11.3. The number of hydrogen-bond acceptors (Lipinski definition) is 3. The van der Waals surface area contributed by atoms with E-state index < -0.39 is 0 Å². The van der Waals surface area contributed by atoms with Gasteiger partial charge in [-0.1, -0.05) is 12.8 Å². The van der Waals surface area contributed by atoms with E-state index in [0.717, 1.165) is 6.54 Å². The minimum atomic E-state index is 0.0823. The largest absolute Gasteiger partial charge is 0.358 e. The zero-order valence-electron chi connectivity index (χ0n) is 9.83. The normalized spacial score (nSPS) is 26.7. The minimum Gasteiger partial charge on any atom is -0.358 e. The standard InChI is InChI=1S/C11H23N3O/c1-13-11(15)8-14(2)10-6-4-3-5-9(10)7-12/h9-10H,3-8,12H2,1-2H3,(H,13,15). The molecule has 1 rings (SSSR count). The third-order valence-corrected chi connectivity index (χ3v) is 3.41. The summed E-state index contributed by atoms with van der Waals surface area (Å²) in [5, 5.41) is 2.66. The number of likely N-dealkylation sites (N-methyl/N-ethyl adjacent to an activating group) is 2. The summed E-state index contributed by atoms with van der Waals surface area (Å²) in [6, 6.07) is 0.487. The molecule has 0 saturated heterocycles. The van der Waals surface area contributed by atoms with E-state index in [4.69, 9.17) is 5.73 Å². The Morgan fingerprint density at radius 1 is 1.47 bits per heavy atom. The van der Waals surface area contributed by atoms with E-state index in [9.17, 15) is 4.79 Å². The molecule has 0 heterocycles. The second-order valence-electron chi connectivity index (χ2n) is 4.44. The Morgan fingerprint density at radius 2 is 2.13 bits per heavy atom. The summed E-state index contributed by atoms with van der Waals surface area (Å²) >= 11 is 0. The Balaban J connectivity index is 2.47. The van der Waals surface area contributed by atoms with E-state index >= 15 is 0 Å². The van der Waals surface area contributed by atoms with E-state index in [-0.39, 0.29) is 5.91 Å². The third-order valence-electron chi connectivity index (χ3n) is 3.41. The number of rotatable bonds is 4. The van der Waals surface area contributed by atoms with Crippen molar-refractivity contribution in [2.75, 3.05) is 27.2 Å². The van der Waals surface area contributed by atoms with Crippen LogP contribution in [0.3, 0.4) is 0 Å². The van der Waals surface area contributed by atoms with Crippen LogP contribution in [0.25, 0.3) is 0 Å². The lowest BCUT2D eigenvalue weighted by atomic mass is 9.84. The monoisotopic (exact) mass is 213 g/mol. The van der Waals surface area contributed by atoms with E-state index in [0.29, 0.717) is 18.5 Å². The van der Waals surface area contributed by atoms with Gasteiger partial charge >= 0.3 is 0 Å². The molecule has 0 bridgehead atoms. The fourth-order valence-electron chi connectivity index (χ4n) is 2.47. The molecule has 3 N–H and O–H groups in total. The first kappa shape index (κ1) is 12.5. The van der Waals surface area contributed by atoms with Crippen LogP contribution in [0.2, 0.25) is 0 Å². The van der Waals surface area contributed by atoms with Crippen molar-refractivity contribution in [1.29, 1.82) is 0 Å². The molecule has 2 unspecified atom stereocenters. The van der Waals surface area contributed by atoms with Gasteiger partial charge in [-0.15, -0.1) is 0 Å². The molecular weight excluding hydrogens is 190 g/mol. The number of hydrogen-bond donors (Lipinski definition) is 2. The van der Waals surface area contributed by atoms with Crippen LogP contribution in [0.5, 0.6) is 0 Å². The molecule has 1 fully saturated rings. The second kappa shape index (κ2) is 6.08. The van der Waals surface area contributed by atoms with Crippen molar-refractivity contribution in [2.24, 2.45) is 11.7 Å². The molecule has 0 aromatic heterocycles. The number of nitrogens with zero attached hydrogens (tertiary/aromatic N) is 1. The number of carbonyl (C=O) groups excluding carboxylic acids is 1. The van der Waals surface area contributed by atoms with Gasteiger partial charge < -0.3 is 11.1 Å². The predicted molar refractivity (Wildman–Crippen MR) is 61.5 cm³/mol. The highest BCUT2D eigenvalue weighted by Gasteiger charge is 2.27. The average molecular weight is 213 g/mol. The SMILES string of the molecule is CNC(=O)CN(C)C1CCCCC1CN. The molecule has 1 amide bonds. The summed E-state index contributed by atoms with van der Waals surface area (Å²) < 4.78 is 0. The molecule has 0 radical (unpaired) electrons. The van der Waals surface area contributed by atoms with Crippen LogP contribution in [-0.4, -0.2) is 44.0 Å². The van der Waals surface area contributed by atoms with Crippen LogP contribution in [0, 0.1) is 5.92 Å². The summed E-state index contributed by atoms with van der Waals surface area (Å²) in [4.78, 5) is 13.4. The van der Waals surface area contributed by atoms with Gasteiger partial charge in [-0.2, -0.15) is 0 Å². The lowest BCUT2D eigenvalue weighted by Gasteiger charge is -2.37. The van der Waals surface area contributed by atoms with Crippen LogP contribution in [0.1, 0.15) is 25.7 Å². The molecule has 2 atom stereocenters. The molecule has 1 aliphatic rings. The van der Waals surface area contributed by atoms with Crippen molar-refractivity contribution in [2.45, 2.75) is 31.7 Å². The molecule has 1 saturated carbocycles. The quantitative estimate of drug-likeness (QED) is 0.700. The molecular formula is C11H23N3O. The van der Waals surface area contributed by atoms with E-state index in [2.05, 4.69) is 10.2 Å². The van der Waals surface area contributed by atoms with Crippen molar-refractivity contribution in [3.05, 3.63) is 0 Å². The van der Waals surface area contributed by atoms with Gasteiger partial charge in [0.25, 0.3) is 0 Å². The average Bonchev–Trinajstić information content (AvgIpc) is 2.28. The Kier molecular flexibility index (Phi) is 5.05. The maximum Gasteiger partial charge on any atom is 0.233 e. The topological polar surface area (TPSA) is 58.4 Å². The zero-order valence-corrected chi connectivity index (χ0v) is 9.83. The summed E-state index contributed by atoms with van der Waals surface area (Å²) in [7, 11) is 3.70. The second-order valence-corrected chi connectivity index (χ2v) is 4.44. The third kappa shape index (κ3) is 3.47. The molecule has 4 heteroatoms. The number of nitrogens with two attached hydrogens (primary N) is 1. The molecule has 0 aromatic rings. The predicted octanol–water partition coefficient (Wildman–Crippen LogP) is 0.182. The molecule has 0 aliphatic heterocycles. The van der Waals surface area contributed by atoms with E-state index in [1.54, 1.807) is 7.05 Å². The highest BCUT2D eigenvalue weighted by molar-refractivity contribution is 5.77. The molecule has 0 aromatic carbocycles. The number of amides is 1. The van der Waals surface area contributed by atoms with Crippen molar-refractivity contribution in [1.82, 2.24) is 10.2 Å². The van der Waals surface area contributed by atoms with Gasteiger partial charge in [0.05, 0.1) is 6.54 Å². The first-order valence-electron chi connectivity index (χ1n) is 5.80. The van der Waals surface area contributed by atoms with Crippen molar-refractivity contribution in [3.63, 3.8) is 0 Å². The van der Waals surface area contributed by atoms with Gasteiger partial charge in [0, 0.05) is 13.1 Å². The maximum atomic E-state index is 11.3. The van der Waals surface area contributed by atoms with Crippen molar-refractivity contribution < 1.29 is 4.79 Å². The fourth-order valence-corrected chi connectivity index (χ4v) is 2.47. The van der Waals surface area contributed by atoms with Gasteiger partial charge in [0.2, 0.25) is 5.91 Å². The van der Waals surface area contributed by atoms with Crippen molar-refractivity contribution in [3.8, 4) is 0 Å². The van der Waals surface area contributed by atoms with Crippen LogP contribution in [0.4, 0.5) is 0 Å². The molecule has 4 nitrogen and oxygen atoms in total. The fraction of sp³-hybridized carbons (Fsp3) is 0.909. The van der Waals surface area contributed by atoms with Crippen LogP contribution < -0.4 is 11.1 Å². The minimum absolute atomic E-state index is 0.0823. The molecule has 1 aliphatic carbocycles. The Morgan fingerprint density at radius 3 is 2.73 bits per heavy atom. The lowest BCUT2D eigenvalue weighted by Crippen LogP contribution is -2.46.